The van der Waals surface area contributed by atoms with E-state index in [1.54, 1.807) is 0 Å². The molecule has 0 aliphatic carbocycles. The molecule has 0 N–H and O–H groups in total. The van der Waals surface area contributed by atoms with Crippen LogP contribution in [0.3, 0.4) is 0 Å². The van der Waals surface area contributed by atoms with Crippen molar-refractivity contribution in [2.75, 3.05) is 6.61 Å². The van der Waals surface area contributed by atoms with Gasteiger partial charge in [-0.15, -0.1) is 0 Å². The summed E-state index contributed by atoms with van der Waals surface area (Å²) in [4.78, 5) is 0. The molecule has 89 valence electrons. The molecule has 1 aliphatic heterocycles. The fraction of sp³-hybridized carbons (Fsp3) is 0.923. The first-order valence-electron chi connectivity index (χ1n) is 6.46. The number of rotatable bonds is 8. The average Bonchev–Trinajstić information content (AvgIpc) is 2.68. The molecule has 0 saturated carbocycles. The van der Waals surface area contributed by atoms with Gasteiger partial charge in [-0.1, -0.05) is 39.5 Å². The first-order chi connectivity index (χ1) is 7.33. The lowest BCUT2D eigenvalue weighted by atomic mass is 10.0. The minimum Gasteiger partial charge on any atom is -0.347 e. The number of ether oxygens (including phenoxy) is 2. The van der Waals surface area contributed by atoms with Crippen LogP contribution >= 0.6 is 0 Å². The molecule has 1 radical (unpaired) electrons. The minimum atomic E-state index is -0.260. The van der Waals surface area contributed by atoms with Crippen LogP contribution in [0.5, 0.6) is 0 Å². The second kappa shape index (κ2) is 7.24. The molecule has 0 bridgehead atoms. The number of unbranched alkanes of at least 4 members (excludes halogenated alkanes) is 4. The maximum atomic E-state index is 5.76. The van der Waals surface area contributed by atoms with Gasteiger partial charge in [0, 0.05) is 12.8 Å². The lowest BCUT2D eigenvalue weighted by Crippen LogP contribution is -2.29. The zero-order chi connectivity index (χ0) is 11.0. The summed E-state index contributed by atoms with van der Waals surface area (Å²) in [6, 6.07) is 0. The van der Waals surface area contributed by atoms with Gasteiger partial charge in [0.15, 0.2) is 5.79 Å². The van der Waals surface area contributed by atoms with E-state index in [0.717, 1.165) is 12.8 Å². The summed E-state index contributed by atoms with van der Waals surface area (Å²) in [5, 5.41) is 0. The lowest BCUT2D eigenvalue weighted by molar-refractivity contribution is -0.161. The monoisotopic (exact) mass is 213 g/mol. The van der Waals surface area contributed by atoms with Crippen molar-refractivity contribution in [1.29, 1.82) is 0 Å². The van der Waals surface area contributed by atoms with Gasteiger partial charge in [0.05, 0.1) is 6.61 Å². The molecule has 2 nitrogen and oxygen atoms in total. The van der Waals surface area contributed by atoms with Gasteiger partial charge in [0.2, 0.25) is 0 Å². The largest absolute Gasteiger partial charge is 0.347 e. The first kappa shape index (κ1) is 13.0. The Labute approximate surface area is 94.3 Å². The van der Waals surface area contributed by atoms with E-state index in [1.165, 1.54) is 38.5 Å². The van der Waals surface area contributed by atoms with Gasteiger partial charge in [-0.2, -0.15) is 0 Å². The summed E-state index contributed by atoms with van der Waals surface area (Å²) in [6.45, 7) is 6.94. The molecular weight excluding hydrogens is 188 g/mol. The fourth-order valence-corrected chi connectivity index (χ4v) is 2.08. The third-order valence-electron chi connectivity index (χ3n) is 3.03. The van der Waals surface area contributed by atoms with Crippen LogP contribution in [0.15, 0.2) is 0 Å². The zero-order valence-electron chi connectivity index (χ0n) is 10.3. The van der Waals surface area contributed by atoms with Crippen LogP contribution in [0.25, 0.3) is 0 Å². The molecule has 15 heavy (non-hydrogen) atoms. The molecule has 1 rings (SSSR count). The highest BCUT2D eigenvalue weighted by Gasteiger charge is 2.35. The first-order valence-corrected chi connectivity index (χ1v) is 6.46. The Balaban J connectivity index is 2.26. The summed E-state index contributed by atoms with van der Waals surface area (Å²) in [5.74, 6) is -0.260. The standard InChI is InChI=1S/C13H25O2/c1-3-5-7-9-13(10-8-6-4-2)14-11-12-15-13/h11H,3-10,12H2,1-2H3. The van der Waals surface area contributed by atoms with Gasteiger partial charge in [0.25, 0.3) is 0 Å². The van der Waals surface area contributed by atoms with Crippen molar-refractivity contribution in [2.45, 2.75) is 71.0 Å². The van der Waals surface area contributed by atoms with Crippen LogP contribution in [0, 0.1) is 6.61 Å². The van der Waals surface area contributed by atoms with E-state index in [9.17, 15) is 0 Å². The Bertz CT molecular complexity index is 139. The second-order valence-electron chi connectivity index (χ2n) is 4.42. The molecule has 0 aromatic heterocycles. The molecule has 1 saturated heterocycles. The van der Waals surface area contributed by atoms with Crippen molar-refractivity contribution in [3.05, 3.63) is 6.61 Å². The summed E-state index contributed by atoms with van der Waals surface area (Å²) < 4.78 is 11.4. The van der Waals surface area contributed by atoms with Gasteiger partial charge in [-0.25, -0.2) is 0 Å². The molecule has 0 amide bonds. The summed E-state index contributed by atoms with van der Waals surface area (Å²) in [5.41, 5.74) is 0. The molecule has 0 aromatic carbocycles. The SMILES string of the molecule is CCCCCC1(CCCCC)O[CH]CO1. The van der Waals surface area contributed by atoms with E-state index >= 15 is 0 Å². The quantitative estimate of drug-likeness (QED) is 0.566. The predicted octanol–water partition coefficient (Wildman–Crippen LogP) is 4.05. The van der Waals surface area contributed by atoms with E-state index < -0.39 is 0 Å². The predicted molar refractivity (Wildman–Crippen MR) is 62.4 cm³/mol. The third-order valence-corrected chi connectivity index (χ3v) is 3.03. The Morgan fingerprint density at radius 2 is 1.60 bits per heavy atom. The topological polar surface area (TPSA) is 18.5 Å². The van der Waals surface area contributed by atoms with Gasteiger partial charge in [0.1, 0.15) is 6.61 Å². The second-order valence-corrected chi connectivity index (χ2v) is 4.42. The van der Waals surface area contributed by atoms with Gasteiger partial charge in [-0.05, 0) is 12.8 Å². The molecule has 1 aliphatic rings. The fourth-order valence-electron chi connectivity index (χ4n) is 2.08. The highest BCUT2D eigenvalue weighted by molar-refractivity contribution is 4.78. The Hall–Kier alpha value is -0.0800. The van der Waals surface area contributed by atoms with Crippen molar-refractivity contribution in [2.24, 2.45) is 0 Å². The van der Waals surface area contributed by atoms with Gasteiger partial charge in [-0.3, -0.25) is 0 Å². The number of hydrogen-bond donors (Lipinski definition) is 0. The smallest absolute Gasteiger partial charge is 0.169 e. The van der Waals surface area contributed by atoms with Crippen LogP contribution in [-0.4, -0.2) is 12.4 Å². The van der Waals surface area contributed by atoms with Gasteiger partial charge >= 0.3 is 0 Å². The Kier molecular flexibility index (Phi) is 6.26. The maximum Gasteiger partial charge on any atom is 0.169 e. The Morgan fingerprint density at radius 1 is 1.00 bits per heavy atom. The third kappa shape index (κ3) is 4.52. The summed E-state index contributed by atoms with van der Waals surface area (Å²) in [6.07, 6.45) is 9.63. The zero-order valence-corrected chi connectivity index (χ0v) is 10.3. The van der Waals surface area contributed by atoms with Gasteiger partial charge < -0.3 is 9.47 Å². The minimum absolute atomic E-state index is 0.260. The van der Waals surface area contributed by atoms with Crippen LogP contribution in [-0.2, 0) is 9.47 Å². The van der Waals surface area contributed by atoms with E-state index in [0.29, 0.717) is 6.61 Å². The average molecular weight is 213 g/mol. The Morgan fingerprint density at radius 3 is 2.00 bits per heavy atom. The normalized spacial score (nSPS) is 19.6. The highest BCUT2D eigenvalue weighted by Crippen LogP contribution is 2.32. The van der Waals surface area contributed by atoms with Crippen LogP contribution in [0.4, 0.5) is 0 Å². The maximum absolute atomic E-state index is 5.76. The molecule has 2 heteroatoms. The summed E-state index contributed by atoms with van der Waals surface area (Å²) >= 11 is 0. The van der Waals surface area contributed by atoms with Crippen molar-refractivity contribution < 1.29 is 9.47 Å². The van der Waals surface area contributed by atoms with Crippen LogP contribution in [0.2, 0.25) is 0 Å². The molecule has 0 spiro atoms. The van der Waals surface area contributed by atoms with E-state index in [4.69, 9.17) is 9.47 Å². The van der Waals surface area contributed by atoms with Crippen molar-refractivity contribution >= 4 is 0 Å². The van der Waals surface area contributed by atoms with Crippen molar-refractivity contribution in [1.82, 2.24) is 0 Å². The summed E-state index contributed by atoms with van der Waals surface area (Å²) in [7, 11) is 0. The van der Waals surface area contributed by atoms with Crippen LogP contribution in [0.1, 0.15) is 65.2 Å². The van der Waals surface area contributed by atoms with E-state index in [-0.39, 0.29) is 5.79 Å². The van der Waals surface area contributed by atoms with Crippen LogP contribution < -0.4 is 0 Å². The lowest BCUT2D eigenvalue weighted by Gasteiger charge is -2.27. The van der Waals surface area contributed by atoms with Crippen molar-refractivity contribution in [3.63, 3.8) is 0 Å². The van der Waals surface area contributed by atoms with E-state index in [2.05, 4.69) is 13.8 Å². The molecule has 0 unspecified atom stereocenters. The van der Waals surface area contributed by atoms with E-state index in [1.807, 2.05) is 6.61 Å². The molecule has 1 fully saturated rings. The number of hydrogen-bond acceptors (Lipinski definition) is 2. The highest BCUT2D eigenvalue weighted by atomic mass is 16.7. The molecule has 0 aromatic rings. The molecule has 1 heterocycles. The molecular formula is C13H25O2. The molecule has 0 atom stereocenters. The van der Waals surface area contributed by atoms with Crippen molar-refractivity contribution in [3.8, 4) is 0 Å².